The summed E-state index contributed by atoms with van der Waals surface area (Å²) in [4.78, 5) is 11.1. The van der Waals surface area contributed by atoms with E-state index < -0.39 is 0 Å². The third-order valence-electron chi connectivity index (χ3n) is 1.66. The predicted octanol–water partition coefficient (Wildman–Crippen LogP) is 2.00. The minimum atomic E-state index is 0.185. The monoisotopic (exact) mass is 189 g/mol. The third kappa shape index (κ3) is 7.92. The molecule has 1 N–H and O–H groups in total. The Kier molecular flexibility index (Phi) is 8.78. The zero-order chi connectivity index (χ0) is 9.23. The van der Waals surface area contributed by atoms with Crippen LogP contribution in [0.1, 0.15) is 39.0 Å². The summed E-state index contributed by atoms with van der Waals surface area (Å²) in [6.07, 6.45) is 4.98. The van der Waals surface area contributed by atoms with E-state index in [2.05, 4.69) is 24.9 Å². The number of carbonyl (C=O) groups is 1. The van der Waals surface area contributed by atoms with Gasteiger partial charge in [0.15, 0.2) is 0 Å². The van der Waals surface area contributed by atoms with Crippen LogP contribution in [0.2, 0.25) is 0 Å². The lowest BCUT2D eigenvalue weighted by Gasteiger charge is -2.02. The summed E-state index contributed by atoms with van der Waals surface area (Å²) in [5.74, 6) is 1.03. The normalized spacial score (nSPS) is 9.83. The summed E-state index contributed by atoms with van der Waals surface area (Å²) in [7, 11) is 0. The van der Waals surface area contributed by atoms with Crippen molar-refractivity contribution in [1.29, 1.82) is 0 Å². The Balaban J connectivity index is 3.10. The Morgan fingerprint density at radius 1 is 1.33 bits per heavy atom. The molecule has 0 aliphatic carbocycles. The first-order valence-corrected chi connectivity index (χ1v) is 5.32. The van der Waals surface area contributed by atoms with E-state index in [1.54, 1.807) is 0 Å². The van der Waals surface area contributed by atoms with E-state index in [1.165, 1.54) is 6.42 Å². The smallest absolute Gasteiger partial charge is 0.219 e. The van der Waals surface area contributed by atoms with Gasteiger partial charge in [0.25, 0.3) is 0 Å². The number of hydrogen-bond donors (Lipinski definition) is 2. The maximum absolute atomic E-state index is 11.1. The summed E-state index contributed by atoms with van der Waals surface area (Å²) in [5, 5.41) is 2.85. The number of unbranched alkanes of at least 4 members (excludes halogenated alkanes) is 2. The molecule has 0 saturated heterocycles. The zero-order valence-electron chi connectivity index (χ0n) is 7.81. The molecule has 0 aliphatic rings. The predicted molar refractivity (Wildman–Crippen MR) is 55.6 cm³/mol. The molecule has 0 aromatic carbocycles. The zero-order valence-corrected chi connectivity index (χ0v) is 8.70. The van der Waals surface area contributed by atoms with Gasteiger partial charge in [-0.3, -0.25) is 4.79 Å². The van der Waals surface area contributed by atoms with Crippen LogP contribution in [-0.2, 0) is 4.79 Å². The summed E-state index contributed by atoms with van der Waals surface area (Å²) >= 11 is 4.06. The van der Waals surface area contributed by atoms with Crippen molar-refractivity contribution in [3.8, 4) is 0 Å². The molecular formula is C9H19NOS. The van der Waals surface area contributed by atoms with Gasteiger partial charge in [-0.05, 0) is 18.6 Å². The van der Waals surface area contributed by atoms with Gasteiger partial charge in [0.05, 0.1) is 0 Å². The number of hydrogen-bond acceptors (Lipinski definition) is 2. The molecule has 3 heteroatoms. The second kappa shape index (κ2) is 8.91. The average molecular weight is 189 g/mol. The van der Waals surface area contributed by atoms with Crippen LogP contribution in [-0.4, -0.2) is 18.2 Å². The van der Waals surface area contributed by atoms with Crippen LogP contribution in [0.25, 0.3) is 0 Å². The molecule has 0 atom stereocenters. The maximum atomic E-state index is 11.1. The van der Waals surface area contributed by atoms with E-state index in [9.17, 15) is 4.79 Å². The first-order valence-electron chi connectivity index (χ1n) is 4.68. The van der Waals surface area contributed by atoms with Crippen molar-refractivity contribution in [2.75, 3.05) is 12.3 Å². The number of thiol groups is 1. The summed E-state index contributed by atoms with van der Waals surface area (Å²) in [6.45, 7) is 2.91. The molecule has 0 saturated carbocycles. The highest BCUT2D eigenvalue weighted by Crippen LogP contribution is 1.98. The van der Waals surface area contributed by atoms with E-state index in [1.807, 2.05) is 0 Å². The molecule has 2 nitrogen and oxygen atoms in total. The molecule has 12 heavy (non-hydrogen) atoms. The Labute approximate surface area is 80.5 Å². The van der Waals surface area contributed by atoms with Gasteiger partial charge in [0, 0.05) is 13.0 Å². The molecule has 0 bridgehead atoms. The Morgan fingerprint density at radius 3 is 2.67 bits per heavy atom. The van der Waals surface area contributed by atoms with Gasteiger partial charge >= 0.3 is 0 Å². The molecule has 0 unspecified atom stereocenters. The summed E-state index contributed by atoms with van der Waals surface area (Å²) < 4.78 is 0. The molecular weight excluding hydrogens is 170 g/mol. The van der Waals surface area contributed by atoms with Crippen molar-refractivity contribution >= 4 is 18.5 Å². The van der Waals surface area contributed by atoms with Crippen molar-refractivity contribution in [2.45, 2.75) is 39.0 Å². The Morgan fingerprint density at radius 2 is 2.08 bits per heavy atom. The maximum Gasteiger partial charge on any atom is 0.219 e. The van der Waals surface area contributed by atoms with Gasteiger partial charge in [-0.25, -0.2) is 0 Å². The van der Waals surface area contributed by atoms with Crippen LogP contribution in [0.15, 0.2) is 0 Å². The lowest BCUT2D eigenvalue weighted by molar-refractivity contribution is -0.121. The minimum Gasteiger partial charge on any atom is -0.356 e. The van der Waals surface area contributed by atoms with Crippen LogP contribution < -0.4 is 5.32 Å². The SMILES string of the molecule is CCCCCC(=O)NCCCS. The second-order valence-corrected chi connectivity index (χ2v) is 3.33. The molecule has 0 heterocycles. The van der Waals surface area contributed by atoms with Gasteiger partial charge in [-0.1, -0.05) is 19.8 Å². The van der Waals surface area contributed by atoms with Gasteiger partial charge in [0.2, 0.25) is 5.91 Å². The molecule has 0 aliphatic heterocycles. The highest BCUT2D eigenvalue weighted by Gasteiger charge is 1.98. The van der Waals surface area contributed by atoms with Gasteiger partial charge in [0.1, 0.15) is 0 Å². The Bertz CT molecular complexity index is 105. The molecule has 0 rings (SSSR count). The van der Waals surface area contributed by atoms with Crippen molar-refractivity contribution in [3.63, 3.8) is 0 Å². The molecule has 0 spiro atoms. The average Bonchev–Trinajstić information content (AvgIpc) is 2.06. The third-order valence-corrected chi connectivity index (χ3v) is 1.98. The van der Waals surface area contributed by atoms with E-state index in [0.717, 1.165) is 31.6 Å². The fraction of sp³-hybridized carbons (Fsp3) is 0.889. The lowest BCUT2D eigenvalue weighted by Crippen LogP contribution is -2.24. The molecule has 0 fully saturated rings. The fourth-order valence-electron chi connectivity index (χ4n) is 0.931. The van der Waals surface area contributed by atoms with Gasteiger partial charge < -0.3 is 5.32 Å². The first-order chi connectivity index (χ1) is 5.81. The largest absolute Gasteiger partial charge is 0.356 e. The van der Waals surface area contributed by atoms with Crippen LogP contribution in [0.3, 0.4) is 0 Å². The number of rotatable bonds is 7. The molecule has 1 amide bonds. The van der Waals surface area contributed by atoms with E-state index in [-0.39, 0.29) is 5.91 Å². The molecule has 72 valence electrons. The van der Waals surface area contributed by atoms with Gasteiger partial charge in [-0.15, -0.1) is 0 Å². The topological polar surface area (TPSA) is 29.1 Å². The lowest BCUT2D eigenvalue weighted by atomic mass is 10.2. The number of amides is 1. The van der Waals surface area contributed by atoms with Crippen LogP contribution >= 0.6 is 12.6 Å². The first kappa shape index (κ1) is 11.8. The molecule has 0 radical (unpaired) electrons. The second-order valence-electron chi connectivity index (χ2n) is 2.88. The summed E-state index contributed by atoms with van der Waals surface area (Å²) in [5.41, 5.74) is 0. The fourth-order valence-corrected chi connectivity index (χ4v) is 1.09. The van der Waals surface area contributed by atoms with E-state index in [4.69, 9.17) is 0 Å². The highest BCUT2D eigenvalue weighted by molar-refractivity contribution is 7.80. The Hall–Kier alpha value is -0.180. The minimum absolute atomic E-state index is 0.185. The van der Waals surface area contributed by atoms with Crippen molar-refractivity contribution in [2.24, 2.45) is 0 Å². The van der Waals surface area contributed by atoms with Crippen molar-refractivity contribution in [1.82, 2.24) is 5.32 Å². The van der Waals surface area contributed by atoms with Crippen LogP contribution in [0.4, 0.5) is 0 Å². The molecule has 0 aromatic rings. The number of nitrogens with one attached hydrogen (secondary N) is 1. The van der Waals surface area contributed by atoms with Crippen molar-refractivity contribution in [3.05, 3.63) is 0 Å². The van der Waals surface area contributed by atoms with Gasteiger partial charge in [-0.2, -0.15) is 12.6 Å². The standard InChI is InChI=1S/C9H19NOS/c1-2-3-4-6-9(11)10-7-5-8-12/h12H,2-8H2,1H3,(H,10,11). The quantitative estimate of drug-likeness (QED) is 0.465. The van der Waals surface area contributed by atoms with E-state index >= 15 is 0 Å². The number of carbonyl (C=O) groups excluding carboxylic acids is 1. The summed E-state index contributed by atoms with van der Waals surface area (Å²) in [6, 6.07) is 0. The highest BCUT2D eigenvalue weighted by atomic mass is 32.1. The van der Waals surface area contributed by atoms with Crippen molar-refractivity contribution < 1.29 is 4.79 Å². The molecule has 0 aromatic heterocycles. The van der Waals surface area contributed by atoms with E-state index in [0.29, 0.717) is 6.42 Å². The van der Waals surface area contributed by atoms with Crippen LogP contribution in [0, 0.1) is 0 Å². The van der Waals surface area contributed by atoms with Crippen LogP contribution in [0.5, 0.6) is 0 Å².